The molecule has 2 N–H and O–H groups in total. The van der Waals surface area contributed by atoms with Crippen LogP contribution in [-0.2, 0) is 17.2 Å². The maximum absolute atomic E-state index is 10.7. The van der Waals surface area contributed by atoms with Crippen LogP contribution in [0.3, 0.4) is 0 Å². The molecule has 0 aliphatic heterocycles. The van der Waals surface area contributed by atoms with Crippen molar-refractivity contribution in [2.24, 2.45) is 5.73 Å². The average Bonchev–Trinajstić information content (AvgIpc) is 2.72. The second kappa shape index (κ2) is 6.39. The van der Waals surface area contributed by atoms with Crippen molar-refractivity contribution in [1.82, 2.24) is 9.55 Å². The number of hydrogen-bond acceptors (Lipinski definition) is 2. The Morgan fingerprint density at radius 3 is 2.89 bits per heavy atom. The molecule has 0 spiro atoms. The van der Waals surface area contributed by atoms with E-state index in [0.717, 1.165) is 40.7 Å². The van der Waals surface area contributed by atoms with Gasteiger partial charge in [0.25, 0.3) is 0 Å². The molecule has 0 radical (unpaired) electrons. The van der Waals surface area contributed by atoms with Crippen LogP contribution < -0.4 is 5.73 Å². The van der Waals surface area contributed by atoms with Crippen molar-refractivity contribution in [3.63, 3.8) is 0 Å². The highest BCUT2D eigenvalue weighted by Crippen LogP contribution is 2.22. The van der Waals surface area contributed by atoms with Crippen LogP contribution in [-0.4, -0.2) is 15.5 Å². The highest BCUT2D eigenvalue weighted by Gasteiger charge is 2.10. The molecule has 0 saturated carbocycles. The van der Waals surface area contributed by atoms with Crippen LogP contribution in [0, 0.1) is 0 Å². The summed E-state index contributed by atoms with van der Waals surface area (Å²) in [7, 11) is 0. The molecule has 0 fully saturated rings. The number of primary amides is 1. The van der Waals surface area contributed by atoms with Crippen molar-refractivity contribution in [2.75, 3.05) is 0 Å². The number of amides is 1. The van der Waals surface area contributed by atoms with Gasteiger partial charge in [-0.05, 0) is 31.0 Å². The number of aromatic nitrogens is 2. The highest BCUT2D eigenvalue weighted by molar-refractivity contribution is 9.10. The summed E-state index contributed by atoms with van der Waals surface area (Å²) in [5.74, 6) is 0.979. The number of carbonyl (C=O) groups excluding carboxylic acids is 1. The molecule has 0 atom stereocenters. The van der Waals surface area contributed by atoms with Gasteiger partial charge in [0.2, 0.25) is 5.91 Å². The van der Waals surface area contributed by atoms with Gasteiger partial charge in [-0.1, -0.05) is 15.9 Å². The van der Waals surface area contributed by atoms with Gasteiger partial charge in [-0.15, -0.1) is 11.6 Å². The lowest BCUT2D eigenvalue weighted by Crippen LogP contribution is -2.10. The zero-order chi connectivity index (χ0) is 13.8. The van der Waals surface area contributed by atoms with Crippen molar-refractivity contribution < 1.29 is 4.79 Å². The molecule has 4 nitrogen and oxygen atoms in total. The summed E-state index contributed by atoms with van der Waals surface area (Å²) in [5, 5.41) is 0. The zero-order valence-electron chi connectivity index (χ0n) is 10.4. The number of hydrogen-bond donors (Lipinski definition) is 1. The number of benzene rings is 1. The normalized spacial score (nSPS) is 11.1. The molecule has 0 aliphatic rings. The summed E-state index contributed by atoms with van der Waals surface area (Å²) in [6.45, 7) is 0.794. The van der Waals surface area contributed by atoms with Gasteiger partial charge < -0.3 is 10.3 Å². The van der Waals surface area contributed by atoms with E-state index in [2.05, 4.69) is 25.5 Å². The quantitative estimate of drug-likeness (QED) is 0.646. The molecular formula is C13H15BrClN3O. The number of unbranched alkanes of at least 4 members (excludes halogenated alkanes) is 1. The average molecular weight is 345 g/mol. The smallest absolute Gasteiger partial charge is 0.217 e. The Kier molecular flexibility index (Phi) is 4.82. The van der Waals surface area contributed by atoms with Crippen molar-refractivity contribution >= 4 is 44.5 Å². The number of fused-ring (bicyclic) bond motifs is 1. The number of imidazole rings is 1. The molecule has 2 aromatic rings. The number of nitrogens with two attached hydrogens (primary N) is 1. The van der Waals surface area contributed by atoms with Gasteiger partial charge in [0.1, 0.15) is 5.82 Å². The number of rotatable bonds is 6. The van der Waals surface area contributed by atoms with E-state index in [-0.39, 0.29) is 5.91 Å². The van der Waals surface area contributed by atoms with Crippen molar-refractivity contribution in [3.8, 4) is 0 Å². The monoisotopic (exact) mass is 343 g/mol. The third kappa shape index (κ3) is 3.48. The lowest BCUT2D eigenvalue weighted by Gasteiger charge is -2.07. The van der Waals surface area contributed by atoms with Crippen LogP contribution in [0.15, 0.2) is 22.7 Å². The molecule has 1 amide bonds. The van der Waals surface area contributed by atoms with Gasteiger partial charge in [0.15, 0.2) is 0 Å². The van der Waals surface area contributed by atoms with Crippen LogP contribution in [0.4, 0.5) is 0 Å². The van der Waals surface area contributed by atoms with Gasteiger partial charge in [-0.2, -0.15) is 0 Å². The van der Waals surface area contributed by atoms with E-state index >= 15 is 0 Å². The van der Waals surface area contributed by atoms with Gasteiger partial charge in [0.05, 0.1) is 16.9 Å². The molecule has 102 valence electrons. The highest BCUT2D eigenvalue weighted by atomic mass is 79.9. The first-order valence-corrected chi connectivity index (χ1v) is 7.43. The van der Waals surface area contributed by atoms with E-state index in [0.29, 0.717) is 12.3 Å². The SMILES string of the molecule is NC(=O)CCCCn1c(CCl)nc2ccc(Br)cc21. The molecule has 0 bridgehead atoms. The lowest BCUT2D eigenvalue weighted by atomic mass is 10.2. The maximum Gasteiger partial charge on any atom is 0.217 e. The van der Waals surface area contributed by atoms with Crippen LogP contribution in [0.25, 0.3) is 11.0 Å². The molecule has 1 aromatic carbocycles. The first kappa shape index (κ1) is 14.3. The summed E-state index contributed by atoms with van der Waals surface area (Å²) < 4.78 is 3.12. The van der Waals surface area contributed by atoms with E-state index in [1.54, 1.807) is 0 Å². The molecule has 19 heavy (non-hydrogen) atoms. The fourth-order valence-electron chi connectivity index (χ4n) is 2.07. The molecule has 1 aromatic heterocycles. The Morgan fingerprint density at radius 1 is 1.42 bits per heavy atom. The summed E-state index contributed by atoms with van der Waals surface area (Å²) >= 11 is 9.40. The fourth-order valence-corrected chi connectivity index (χ4v) is 2.62. The molecule has 0 saturated heterocycles. The maximum atomic E-state index is 10.7. The summed E-state index contributed by atoms with van der Waals surface area (Å²) in [5.41, 5.74) is 7.13. The van der Waals surface area contributed by atoms with Gasteiger partial charge in [-0.3, -0.25) is 4.79 Å². The van der Waals surface area contributed by atoms with E-state index in [1.807, 2.05) is 18.2 Å². The number of nitrogens with zero attached hydrogens (tertiary/aromatic N) is 2. The minimum atomic E-state index is -0.254. The fraction of sp³-hybridized carbons (Fsp3) is 0.385. The Labute approximate surface area is 125 Å². The summed E-state index contributed by atoms with van der Waals surface area (Å²) in [6, 6.07) is 5.96. The van der Waals surface area contributed by atoms with Crippen LogP contribution in [0.2, 0.25) is 0 Å². The second-order valence-corrected chi connectivity index (χ2v) is 5.55. The Morgan fingerprint density at radius 2 is 2.21 bits per heavy atom. The third-order valence-corrected chi connectivity index (χ3v) is 3.70. The molecule has 1 heterocycles. The Balaban J connectivity index is 2.19. The molecular weight excluding hydrogens is 330 g/mol. The van der Waals surface area contributed by atoms with Crippen molar-refractivity contribution in [2.45, 2.75) is 31.7 Å². The van der Waals surface area contributed by atoms with Crippen molar-refractivity contribution in [3.05, 3.63) is 28.5 Å². The van der Waals surface area contributed by atoms with Crippen LogP contribution in [0.5, 0.6) is 0 Å². The lowest BCUT2D eigenvalue weighted by molar-refractivity contribution is -0.118. The largest absolute Gasteiger partial charge is 0.370 e. The summed E-state index contributed by atoms with van der Waals surface area (Å²) in [4.78, 5) is 15.2. The van der Waals surface area contributed by atoms with Gasteiger partial charge >= 0.3 is 0 Å². The minimum Gasteiger partial charge on any atom is -0.370 e. The van der Waals surface area contributed by atoms with Crippen molar-refractivity contribution in [1.29, 1.82) is 0 Å². The zero-order valence-corrected chi connectivity index (χ0v) is 12.7. The number of halogens is 2. The first-order chi connectivity index (χ1) is 9.11. The van der Waals surface area contributed by atoms with Gasteiger partial charge in [-0.25, -0.2) is 4.98 Å². The predicted molar refractivity (Wildman–Crippen MR) is 80.0 cm³/mol. The standard InChI is InChI=1S/C13H15BrClN3O/c14-9-4-5-10-11(7-9)18(13(8-15)17-10)6-2-1-3-12(16)19/h4-5,7H,1-3,6,8H2,(H2,16,19). The minimum absolute atomic E-state index is 0.254. The second-order valence-electron chi connectivity index (χ2n) is 4.37. The number of carbonyl (C=O) groups is 1. The van der Waals surface area contributed by atoms with E-state index in [4.69, 9.17) is 17.3 Å². The first-order valence-electron chi connectivity index (χ1n) is 6.10. The summed E-state index contributed by atoms with van der Waals surface area (Å²) in [6.07, 6.45) is 2.09. The molecule has 2 rings (SSSR count). The number of alkyl halides is 1. The molecule has 6 heteroatoms. The van der Waals surface area contributed by atoms with Crippen LogP contribution >= 0.6 is 27.5 Å². The Bertz CT molecular complexity index is 597. The molecule has 0 unspecified atom stereocenters. The van der Waals surface area contributed by atoms with Crippen LogP contribution in [0.1, 0.15) is 25.1 Å². The molecule has 0 aliphatic carbocycles. The van der Waals surface area contributed by atoms with E-state index in [1.165, 1.54) is 0 Å². The van der Waals surface area contributed by atoms with Gasteiger partial charge in [0, 0.05) is 17.4 Å². The third-order valence-electron chi connectivity index (χ3n) is 2.96. The predicted octanol–water partition coefficient (Wildman–Crippen LogP) is 3.19. The van der Waals surface area contributed by atoms with E-state index < -0.39 is 0 Å². The Hall–Kier alpha value is -1.07. The topological polar surface area (TPSA) is 60.9 Å². The van der Waals surface area contributed by atoms with E-state index in [9.17, 15) is 4.79 Å². The number of aryl methyl sites for hydroxylation is 1.